The highest BCUT2D eigenvalue weighted by atomic mass is 32.2. The van der Waals surface area contributed by atoms with Gasteiger partial charge in [0, 0.05) is 32.4 Å². The lowest BCUT2D eigenvalue weighted by Gasteiger charge is -2.31. The highest BCUT2D eigenvalue weighted by Crippen LogP contribution is 2.20. The van der Waals surface area contributed by atoms with Crippen molar-refractivity contribution >= 4 is 15.9 Å². The van der Waals surface area contributed by atoms with Crippen LogP contribution in [0.4, 0.5) is 0 Å². The molecule has 21 heavy (non-hydrogen) atoms. The first-order valence-electron chi connectivity index (χ1n) is 6.83. The van der Waals surface area contributed by atoms with Crippen LogP contribution < -0.4 is 5.14 Å². The van der Waals surface area contributed by atoms with E-state index < -0.39 is 10.0 Å². The summed E-state index contributed by atoms with van der Waals surface area (Å²) in [6, 6.07) is 5.86. The van der Waals surface area contributed by atoms with Crippen molar-refractivity contribution in [3.63, 3.8) is 0 Å². The van der Waals surface area contributed by atoms with Crippen LogP contribution in [-0.4, -0.2) is 46.0 Å². The van der Waals surface area contributed by atoms with Crippen molar-refractivity contribution in [2.75, 3.05) is 26.8 Å². The van der Waals surface area contributed by atoms with Crippen LogP contribution in [0.15, 0.2) is 29.2 Å². The van der Waals surface area contributed by atoms with E-state index in [0.717, 1.165) is 12.8 Å². The number of hydrogen-bond acceptors (Lipinski definition) is 4. The van der Waals surface area contributed by atoms with Gasteiger partial charge in [-0.3, -0.25) is 4.79 Å². The van der Waals surface area contributed by atoms with Gasteiger partial charge in [-0.15, -0.1) is 0 Å². The summed E-state index contributed by atoms with van der Waals surface area (Å²) in [5.41, 5.74) is 0.353. The molecule has 1 saturated heterocycles. The average molecular weight is 312 g/mol. The minimum Gasteiger partial charge on any atom is -0.384 e. The second kappa shape index (κ2) is 6.55. The second-order valence-electron chi connectivity index (χ2n) is 5.26. The van der Waals surface area contributed by atoms with Crippen LogP contribution in [0.25, 0.3) is 0 Å². The molecule has 2 N–H and O–H groups in total. The predicted molar refractivity (Wildman–Crippen MR) is 78.3 cm³/mol. The Hall–Kier alpha value is -1.44. The molecule has 1 aromatic rings. The van der Waals surface area contributed by atoms with Crippen molar-refractivity contribution in [1.29, 1.82) is 0 Å². The van der Waals surface area contributed by atoms with Gasteiger partial charge in [0.1, 0.15) is 0 Å². The number of nitrogens with zero attached hydrogens (tertiary/aromatic N) is 1. The van der Waals surface area contributed by atoms with Crippen LogP contribution in [0.1, 0.15) is 23.2 Å². The molecule has 116 valence electrons. The molecular weight excluding hydrogens is 292 g/mol. The Morgan fingerprint density at radius 1 is 1.38 bits per heavy atom. The van der Waals surface area contributed by atoms with Crippen LogP contribution in [0.3, 0.4) is 0 Å². The third-order valence-electron chi connectivity index (χ3n) is 3.71. The van der Waals surface area contributed by atoms with Crippen molar-refractivity contribution in [2.24, 2.45) is 11.1 Å². The van der Waals surface area contributed by atoms with E-state index in [2.05, 4.69) is 0 Å². The van der Waals surface area contributed by atoms with Crippen molar-refractivity contribution in [3.8, 4) is 0 Å². The molecular formula is C14H20N2O4S. The molecule has 0 bridgehead atoms. The number of ether oxygens (including phenoxy) is 1. The minimum absolute atomic E-state index is 0.0392. The Morgan fingerprint density at radius 3 is 2.62 bits per heavy atom. The van der Waals surface area contributed by atoms with E-state index in [1.165, 1.54) is 18.2 Å². The molecule has 0 spiro atoms. The topological polar surface area (TPSA) is 89.7 Å². The minimum atomic E-state index is -3.79. The van der Waals surface area contributed by atoms with Gasteiger partial charge in [-0.05, 0) is 37.0 Å². The van der Waals surface area contributed by atoms with Gasteiger partial charge in [-0.1, -0.05) is 6.07 Å². The highest BCUT2D eigenvalue weighted by molar-refractivity contribution is 7.89. The Balaban J connectivity index is 2.08. The lowest BCUT2D eigenvalue weighted by atomic mass is 9.97. The second-order valence-corrected chi connectivity index (χ2v) is 6.83. The smallest absolute Gasteiger partial charge is 0.253 e. The molecule has 1 fully saturated rings. The number of amides is 1. The van der Waals surface area contributed by atoms with E-state index >= 15 is 0 Å². The van der Waals surface area contributed by atoms with Gasteiger partial charge in [0.05, 0.1) is 4.90 Å². The maximum absolute atomic E-state index is 12.4. The first-order valence-corrected chi connectivity index (χ1v) is 8.37. The summed E-state index contributed by atoms with van der Waals surface area (Å²) >= 11 is 0. The van der Waals surface area contributed by atoms with Crippen LogP contribution in [0.5, 0.6) is 0 Å². The lowest BCUT2D eigenvalue weighted by Crippen LogP contribution is -2.39. The first-order chi connectivity index (χ1) is 9.91. The molecule has 2 rings (SSSR count). The zero-order chi connectivity index (χ0) is 15.5. The summed E-state index contributed by atoms with van der Waals surface area (Å²) in [5, 5.41) is 5.09. The Kier molecular flexibility index (Phi) is 4.97. The van der Waals surface area contributed by atoms with Gasteiger partial charge < -0.3 is 9.64 Å². The number of primary sulfonamides is 1. The third-order valence-corrected chi connectivity index (χ3v) is 4.62. The summed E-state index contributed by atoms with van der Waals surface area (Å²) in [6.45, 7) is 2.03. The van der Waals surface area contributed by atoms with E-state index in [9.17, 15) is 13.2 Å². The fourth-order valence-electron chi connectivity index (χ4n) is 2.53. The summed E-state index contributed by atoms with van der Waals surface area (Å²) in [5.74, 6) is 0.325. The lowest BCUT2D eigenvalue weighted by molar-refractivity contribution is 0.0613. The van der Waals surface area contributed by atoms with Gasteiger partial charge in [-0.25, -0.2) is 13.6 Å². The number of benzene rings is 1. The first kappa shape index (κ1) is 15.9. The van der Waals surface area contributed by atoms with Crippen LogP contribution in [0, 0.1) is 5.92 Å². The standard InChI is InChI=1S/C14H20N2O4S/c1-20-10-11-5-7-16(8-6-11)14(17)12-3-2-4-13(9-12)21(15,18)19/h2-4,9,11H,5-8,10H2,1H3,(H2,15,18,19). The predicted octanol–water partition coefficient (Wildman–Crippen LogP) is 0.833. The summed E-state index contributed by atoms with van der Waals surface area (Å²) in [4.78, 5) is 14.1. The van der Waals surface area contributed by atoms with Crippen molar-refractivity contribution in [3.05, 3.63) is 29.8 Å². The average Bonchev–Trinajstić information content (AvgIpc) is 2.47. The molecule has 7 heteroatoms. The number of likely N-dealkylation sites (tertiary alicyclic amines) is 1. The molecule has 6 nitrogen and oxygen atoms in total. The Morgan fingerprint density at radius 2 is 2.05 bits per heavy atom. The molecule has 0 radical (unpaired) electrons. The number of sulfonamides is 1. The Labute approximate surface area is 124 Å². The molecule has 1 aromatic carbocycles. The van der Waals surface area contributed by atoms with Gasteiger partial charge >= 0.3 is 0 Å². The number of methoxy groups -OCH3 is 1. The van der Waals surface area contributed by atoms with E-state index in [-0.39, 0.29) is 10.8 Å². The monoisotopic (exact) mass is 312 g/mol. The molecule has 0 aliphatic carbocycles. The summed E-state index contributed by atoms with van der Waals surface area (Å²) in [6.07, 6.45) is 1.79. The van der Waals surface area contributed by atoms with Crippen LogP contribution in [-0.2, 0) is 14.8 Å². The van der Waals surface area contributed by atoms with Gasteiger partial charge in [0.2, 0.25) is 10.0 Å². The number of hydrogen-bond donors (Lipinski definition) is 1. The SMILES string of the molecule is COCC1CCN(C(=O)c2cccc(S(N)(=O)=O)c2)CC1. The number of piperidine rings is 1. The molecule has 1 aliphatic heterocycles. The molecule has 0 aromatic heterocycles. The quantitative estimate of drug-likeness (QED) is 0.892. The fourth-order valence-corrected chi connectivity index (χ4v) is 3.09. The zero-order valence-electron chi connectivity index (χ0n) is 12.0. The molecule has 0 saturated carbocycles. The third kappa shape index (κ3) is 4.03. The van der Waals surface area contributed by atoms with E-state index in [1.807, 2.05) is 0 Å². The number of carbonyl (C=O) groups excluding carboxylic acids is 1. The fraction of sp³-hybridized carbons (Fsp3) is 0.500. The van der Waals surface area contributed by atoms with Crippen molar-refractivity contribution in [2.45, 2.75) is 17.7 Å². The van der Waals surface area contributed by atoms with Gasteiger partial charge in [0.25, 0.3) is 5.91 Å². The zero-order valence-corrected chi connectivity index (χ0v) is 12.8. The molecule has 0 unspecified atom stereocenters. The largest absolute Gasteiger partial charge is 0.384 e. The van der Waals surface area contributed by atoms with E-state index in [1.54, 1.807) is 18.1 Å². The normalized spacial score (nSPS) is 17.0. The van der Waals surface area contributed by atoms with Crippen molar-refractivity contribution in [1.82, 2.24) is 4.90 Å². The van der Waals surface area contributed by atoms with Crippen LogP contribution in [0.2, 0.25) is 0 Å². The maximum atomic E-state index is 12.4. The van der Waals surface area contributed by atoms with E-state index in [0.29, 0.717) is 31.2 Å². The van der Waals surface area contributed by atoms with E-state index in [4.69, 9.17) is 9.88 Å². The molecule has 0 atom stereocenters. The maximum Gasteiger partial charge on any atom is 0.253 e. The molecule has 1 heterocycles. The highest BCUT2D eigenvalue weighted by Gasteiger charge is 2.24. The molecule has 1 aliphatic rings. The van der Waals surface area contributed by atoms with Gasteiger partial charge in [0.15, 0.2) is 0 Å². The van der Waals surface area contributed by atoms with Gasteiger partial charge in [-0.2, -0.15) is 0 Å². The summed E-state index contributed by atoms with van der Waals surface area (Å²) < 4.78 is 27.8. The van der Waals surface area contributed by atoms with Crippen LogP contribution >= 0.6 is 0 Å². The van der Waals surface area contributed by atoms with Crippen molar-refractivity contribution < 1.29 is 17.9 Å². The number of rotatable bonds is 4. The summed E-state index contributed by atoms with van der Waals surface area (Å²) in [7, 11) is -2.12. The molecule has 1 amide bonds. The Bertz CT molecular complexity index is 607. The number of nitrogens with two attached hydrogens (primary N) is 1. The number of carbonyl (C=O) groups is 1.